The SMILES string of the molecule is CN=C(NCc1ccc(Cl)cc1)NCc1ccc(N(C)C)cc1. The molecule has 5 heteroatoms. The summed E-state index contributed by atoms with van der Waals surface area (Å²) in [7, 11) is 5.85. The van der Waals surface area contributed by atoms with Gasteiger partial charge in [-0.3, -0.25) is 4.99 Å². The molecule has 0 fully saturated rings. The number of anilines is 1. The predicted octanol–water partition coefficient (Wildman–Crippen LogP) is 3.27. The molecule has 0 radical (unpaired) electrons. The third-order valence-electron chi connectivity index (χ3n) is 3.51. The minimum atomic E-state index is 0.705. The minimum Gasteiger partial charge on any atom is -0.378 e. The summed E-state index contributed by atoms with van der Waals surface area (Å²) < 4.78 is 0. The van der Waals surface area contributed by atoms with Crippen molar-refractivity contribution in [3.63, 3.8) is 0 Å². The van der Waals surface area contributed by atoms with E-state index in [1.807, 2.05) is 38.4 Å². The van der Waals surface area contributed by atoms with E-state index in [9.17, 15) is 0 Å². The Hall–Kier alpha value is -2.20. The Morgan fingerprint density at radius 3 is 1.83 bits per heavy atom. The van der Waals surface area contributed by atoms with Gasteiger partial charge < -0.3 is 15.5 Å². The molecule has 2 N–H and O–H groups in total. The van der Waals surface area contributed by atoms with E-state index in [4.69, 9.17) is 11.6 Å². The first kappa shape index (κ1) is 17.2. The van der Waals surface area contributed by atoms with E-state index in [1.54, 1.807) is 7.05 Å². The summed E-state index contributed by atoms with van der Waals surface area (Å²) >= 11 is 5.89. The highest BCUT2D eigenvalue weighted by molar-refractivity contribution is 6.30. The van der Waals surface area contributed by atoms with Gasteiger partial charge >= 0.3 is 0 Å². The summed E-state index contributed by atoms with van der Waals surface area (Å²) in [5.74, 6) is 0.775. The Kier molecular flexibility index (Phi) is 6.29. The highest BCUT2D eigenvalue weighted by Crippen LogP contribution is 2.12. The predicted molar refractivity (Wildman–Crippen MR) is 99.3 cm³/mol. The van der Waals surface area contributed by atoms with Crippen LogP contribution in [0.1, 0.15) is 11.1 Å². The fourth-order valence-corrected chi connectivity index (χ4v) is 2.23. The van der Waals surface area contributed by atoms with Crippen molar-refractivity contribution in [2.24, 2.45) is 4.99 Å². The molecular formula is C18H23ClN4. The van der Waals surface area contributed by atoms with E-state index in [0.717, 1.165) is 23.1 Å². The molecule has 0 bridgehead atoms. The van der Waals surface area contributed by atoms with Gasteiger partial charge in [-0.1, -0.05) is 35.9 Å². The first-order chi connectivity index (χ1) is 11.1. The number of halogens is 1. The zero-order valence-corrected chi connectivity index (χ0v) is 14.6. The van der Waals surface area contributed by atoms with Gasteiger partial charge in [-0.25, -0.2) is 0 Å². The highest BCUT2D eigenvalue weighted by atomic mass is 35.5. The second kappa shape index (κ2) is 8.44. The molecule has 0 aliphatic carbocycles. The zero-order valence-electron chi connectivity index (χ0n) is 13.8. The maximum atomic E-state index is 5.89. The third kappa shape index (κ3) is 5.49. The van der Waals surface area contributed by atoms with E-state index in [-0.39, 0.29) is 0 Å². The number of benzene rings is 2. The number of rotatable bonds is 5. The van der Waals surface area contributed by atoms with Gasteiger partial charge in [0.05, 0.1) is 0 Å². The average molecular weight is 331 g/mol. The number of aliphatic imine (C=N–C) groups is 1. The third-order valence-corrected chi connectivity index (χ3v) is 3.76. The molecule has 23 heavy (non-hydrogen) atoms. The van der Waals surface area contributed by atoms with Crippen LogP contribution in [0.3, 0.4) is 0 Å². The van der Waals surface area contributed by atoms with Crippen LogP contribution in [-0.2, 0) is 13.1 Å². The topological polar surface area (TPSA) is 39.7 Å². The molecule has 0 aliphatic heterocycles. The van der Waals surface area contributed by atoms with Crippen LogP contribution >= 0.6 is 11.6 Å². The van der Waals surface area contributed by atoms with E-state index in [1.165, 1.54) is 11.3 Å². The van der Waals surface area contributed by atoms with Crippen molar-refractivity contribution < 1.29 is 0 Å². The van der Waals surface area contributed by atoms with Crippen LogP contribution in [0, 0.1) is 0 Å². The van der Waals surface area contributed by atoms with Gasteiger partial charge in [0.2, 0.25) is 0 Å². The summed E-state index contributed by atoms with van der Waals surface area (Å²) in [5.41, 5.74) is 3.57. The van der Waals surface area contributed by atoms with Crippen molar-refractivity contribution in [1.82, 2.24) is 10.6 Å². The van der Waals surface area contributed by atoms with Crippen LogP contribution in [0.4, 0.5) is 5.69 Å². The first-order valence-corrected chi connectivity index (χ1v) is 7.91. The highest BCUT2D eigenvalue weighted by Gasteiger charge is 2.00. The summed E-state index contributed by atoms with van der Waals surface area (Å²) in [6, 6.07) is 16.2. The zero-order chi connectivity index (χ0) is 16.7. The van der Waals surface area contributed by atoms with Crippen molar-refractivity contribution >= 4 is 23.2 Å². The number of guanidine groups is 1. The number of hydrogen-bond acceptors (Lipinski definition) is 2. The lowest BCUT2D eigenvalue weighted by Gasteiger charge is -2.14. The number of hydrogen-bond donors (Lipinski definition) is 2. The lowest BCUT2D eigenvalue weighted by molar-refractivity contribution is 0.809. The molecule has 2 aromatic rings. The van der Waals surface area contributed by atoms with Gasteiger partial charge in [-0.15, -0.1) is 0 Å². The molecule has 2 rings (SSSR count). The van der Waals surface area contributed by atoms with Gasteiger partial charge in [0, 0.05) is 44.9 Å². The first-order valence-electron chi connectivity index (χ1n) is 7.53. The second-order valence-electron chi connectivity index (χ2n) is 5.47. The van der Waals surface area contributed by atoms with E-state index >= 15 is 0 Å². The van der Waals surface area contributed by atoms with Crippen molar-refractivity contribution in [3.8, 4) is 0 Å². The Labute approximate surface area is 143 Å². The average Bonchev–Trinajstić information content (AvgIpc) is 2.57. The summed E-state index contributed by atoms with van der Waals surface area (Å²) in [4.78, 5) is 6.33. The van der Waals surface area contributed by atoms with Gasteiger partial charge in [0.15, 0.2) is 5.96 Å². The molecule has 0 saturated carbocycles. The van der Waals surface area contributed by atoms with Crippen LogP contribution in [0.25, 0.3) is 0 Å². The molecule has 0 atom stereocenters. The number of nitrogens with one attached hydrogen (secondary N) is 2. The van der Waals surface area contributed by atoms with Gasteiger partial charge in [-0.05, 0) is 35.4 Å². The molecule has 0 unspecified atom stereocenters. The molecule has 122 valence electrons. The Morgan fingerprint density at radius 1 is 0.913 bits per heavy atom. The molecule has 0 aromatic heterocycles. The van der Waals surface area contributed by atoms with Gasteiger partial charge in [0.25, 0.3) is 0 Å². The van der Waals surface area contributed by atoms with E-state index < -0.39 is 0 Å². The monoisotopic (exact) mass is 330 g/mol. The fourth-order valence-electron chi connectivity index (χ4n) is 2.11. The molecule has 2 aromatic carbocycles. The normalized spacial score (nSPS) is 11.2. The molecule has 4 nitrogen and oxygen atoms in total. The standard InChI is InChI=1S/C18H23ClN4/c1-20-18(21-12-14-4-8-16(19)9-5-14)22-13-15-6-10-17(11-7-15)23(2)3/h4-11H,12-13H2,1-3H3,(H2,20,21,22). The molecule has 0 aliphatic rings. The van der Waals surface area contributed by atoms with Gasteiger partial charge in [-0.2, -0.15) is 0 Å². The Balaban J connectivity index is 1.84. The van der Waals surface area contributed by atoms with E-state index in [0.29, 0.717) is 6.54 Å². The molecule has 0 amide bonds. The van der Waals surface area contributed by atoms with Crippen LogP contribution in [0.2, 0.25) is 5.02 Å². The summed E-state index contributed by atoms with van der Waals surface area (Å²) in [6.45, 7) is 1.43. The van der Waals surface area contributed by atoms with E-state index in [2.05, 4.69) is 44.8 Å². The van der Waals surface area contributed by atoms with Gasteiger partial charge in [0.1, 0.15) is 0 Å². The lowest BCUT2D eigenvalue weighted by atomic mass is 10.2. The maximum Gasteiger partial charge on any atom is 0.191 e. The lowest BCUT2D eigenvalue weighted by Crippen LogP contribution is -2.36. The van der Waals surface area contributed by atoms with Crippen molar-refractivity contribution in [2.75, 3.05) is 26.0 Å². The Morgan fingerprint density at radius 2 is 1.39 bits per heavy atom. The molecule has 0 saturated heterocycles. The van der Waals surface area contributed by atoms with Crippen LogP contribution in [0.15, 0.2) is 53.5 Å². The number of nitrogens with zero attached hydrogens (tertiary/aromatic N) is 2. The van der Waals surface area contributed by atoms with Crippen LogP contribution < -0.4 is 15.5 Å². The van der Waals surface area contributed by atoms with Crippen LogP contribution in [-0.4, -0.2) is 27.1 Å². The molecule has 0 spiro atoms. The van der Waals surface area contributed by atoms with Crippen LogP contribution in [0.5, 0.6) is 0 Å². The quantitative estimate of drug-likeness (QED) is 0.653. The maximum absolute atomic E-state index is 5.89. The summed E-state index contributed by atoms with van der Waals surface area (Å²) in [6.07, 6.45) is 0. The smallest absolute Gasteiger partial charge is 0.191 e. The minimum absolute atomic E-state index is 0.705. The van der Waals surface area contributed by atoms with Crippen molar-refractivity contribution in [3.05, 3.63) is 64.7 Å². The molecule has 0 heterocycles. The van der Waals surface area contributed by atoms with Crippen molar-refractivity contribution in [2.45, 2.75) is 13.1 Å². The summed E-state index contributed by atoms with van der Waals surface area (Å²) in [5, 5.41) is 7.36. The second-order valence-corrected chi connectivity index (χ2v) is 5.90. The molecular weight excluding hydrogens is 308 g/mol. The van der Waals surface area contributed by atoms with Crippen molar-refractivity contribution in [1.29, 1.82) is 0 Å². The fraction of sp³-hybridized carbons (Fsp3) is 0.278. The largest absolute Gasteiger partial charge is 0.378 e. The Bertz CT molecular complexity index is 633.